The van der Waals surface area contributed by atoms with E-state index in [9.17, 15) is 14.4 Å². The number of benzene rings is 1. The fraction of sp³-hybridized carbons (Fsp3) is 0.400. The molecule has 0 N–H and O–H groups in total. The van der Waals surface area contributed by atoms with Crippen LogP contribution in [0.4, 0.5) is 0 Å². The van der Waals surface area contributed by atoms with Crippen LogP contribution in [-0.2, 0) is 4.79 Å². The SMILES string of the molecule is CC(C)C[C@@H](CN1C(=O)c2ccccc2C1=O)N=C=O. The second kappa shape index (κ2) is 5.80. The number of fused-ring (bicyclic) bond motifs is 1. The maximum absolute atomic E-state index is 12.2. The minimum Gasteiger partial charge on any atom is -0.272 e. The fourth-order valence-electron chi connectivity index (χ4n) is 2.40. The highest BCUT2D eigenvalue weighted by Gasteiger charge is 2.36. The summed E-state index contributed by atoms with van der Waals surface area (Å²) in [5.74, 6) is -0.326. The maximum Gasteiger partial charge on any atom is 0.261 e. The zero-order valence-corrected chi connectivity index (χ0v) is 11.5. The third kappa shape index (κ3) is 2.68. The second-order valence-electron chi connectivity index (χ2n) is 5.27. The van der Waals surface area contributed by atoms with Gasteiger partial charge in [-0.05, 0) is 24.5 Å². The van der Waals surface area contributed by atoms with Crippen LogP contribution in [0.2, 0.25) is 0 Å². The van der Waals surface area contributed by atoms with Gasteiger partial charge < -0.3 is 0 Å². The molecule has 2 amide bonds. The summed E-state index contributed by atoms with van der Waals surface area (Å²) in [6.07, 6.45) is 2.15. The molecule has 1 aromatic carbocycles. The van der Waals surface area contributed by atoms with Crippen molar-refractivity contribution in [1.29, 1.82) is 0 Å². The lowest BCUT2D eigenvalue weighted by Gasteiger charge is -2.19. The van der Waals surface area contributed by atoms with E-state index in [2.05, 4.69) is 4.99 Å². The van der Waals surface area contributed by atoms with Crippen molar-refractivity contribution in [3.63, 3.8) is 0 Å². The molecule has 5 heteroatoms. The minimum absolute atomic E-state index is 0.125. The molecule has 0 saturated carbocycles. The molecule has 0 aromatic heterocycles. The largest absolute Gasteiger partial charge is 0.272 e. The molecule has 104 valence electrons. The van der Waals surface area contributed by atoms with Crippen molar-refractivity contribution < 1.29 is 14.4 Å². The predicted octanol–water partition coefficient (Wildman–Crippen LogP) is 2.03. The van der Waals surface area contributed by atoms with Crippen LogP contribution in [-0.4, -0.2) is 35.4 Å². The van der Waals surface area contributed by atoms with Crippen LogP contribution in [0.15, 0.2) is 29.3 Å². The maximum atomic E-state index is 12.2. The van der Waals surface area contributed by atoms with Gasteiger partial charge in [-0.2, -0.15) is 0 Å². The van der Waals surface area contributed by atoms with Crippen molar-refractivity contribution >= 4 is 17.9 Å². The van der Waals surface area contributed by atoms with Gasteiger partial charge in [0.2, 0.25) is 6.08 Å². The Morgan fingerprint density at radius 3 is 2.15 bits per heavy atom. The first kappa shape index (κ1) is 14.2. The molecular formula is C15H16N2O3. The summed E-state index contributed by atoms with van der Waals surface area (Å²) in [5, 5.41) is 0. The highest BCUT2D eigenvalue weighted by atomic mass is 16.2. The molecule has 1 aromatic rings. The molecule has 1 aliphatic heterocycles. The van der Waals surface area contributed by atoms with Crippen molar-refractivity contribution in [3.05, 3.63) is 35.4 Å². The monoisotopic (exact) mass is 272 g/mol. The summed E-state index contributed by atoms with van der Waals surface area (Å²) in [6.45, 7) is 4.12. The number of isocyanates is 1. The Morgan fingerprint density at radius 2 is 1.70 bits per heavy atom. The average Bonchev–Trinajstić information content (AvgIpc) is 2.64. The Morgan fingerprint density at radius 1 is 1.15 bits per heavy atom. The third-order valence-corrected chi connectivity index (χ3v) is 3.25. The number of amides is 2. The predicted molar refractivity (Wildman–Crippen MR) is 73.2 cm³/mol. The number of rotatable bonds is 5. The van der Waals surface area contributed by atoms with Crippen LogP contribution >= 0.6 is 0 Å². The summed E-state index contributed by atoms with van der Waals surface area (Å²) in [6, 6.07) is 6.33. The molecule has 0 fully saturated rings. The zero-order chi connectivity index (χ0) is 14.7. The van der Waals surface area contributed by atoms with Crippen molar-refractivity contribution in [2.75, 3.05) is 6.54 Å². The number of carbonyl (C=O) groups excluding carboxylic acids is 3. The topological polar surface area (TPSA) is 66.8 Å². The molecule has 1 atom stereocenters. The summed E-state index contributed by atoms with van der Waals surface area (Å²) in [4.78, 5) is 39.7. The van der Waals surface area contributed by atoms with Crippen LogP contribution in [0.3, 0.4) is 0 Å². The van der Waals surface area contributed by atoms with Crippen LogP contribution in [0, 0.1) is 5.92 Å². The van der Waals surface area contributed by atoms with Crippen molar-refractivity contribution in [3.8, 4) is 0 Å². The lowest BCUT2D eigenvalue weighted by molar-refractivity contribution is 0.0641. The van der Waals surface area contributed by atoms with Gasteiger partial charge >= 0.3 is 0 Å². The highest BCUT2D eigenvalue weighted by Crippen LogP contribution is 2.23. The van der Waals surface area contributed by atoms with Gasteiger partial charge in [0.15, 0.2) is 0 Å². The lowest BCUT2D eigenvalue weighted by atomic mass is 10.0. The summed E-state index contributed by atoms with van der Waals surface area (Å²) < 4.78 is 0. The Balaban J connectivity index is 2.20. The van der Waals surface area contributed by atoms with E-state index in [0.717, 1.165) is 0 Å². The van der Waals surface area contributed by atoms with Crippen LogP contribution in [0.1, 0.15) is 41.0 Å². The number of carbonyl (C=O) groups is 2. The fourth-order valence-corrected chi connectivity index (χ4v) is 2.40. The van der Waals surface area contributed by atoms with Crippen molar-refractivity contribution in [1.82, 2.24) is 4.90 Å². The number of nitrogens with zero attached hydrogens (tertiary/aromatic N) is 2. The van der Waals surface area contributed by atoms with E-state index < -0.39 is 6.04 Å². The average molecular weight is 272 g/mol. The van der Waals surface area contributed by atoms with Crippen LogP contribution in [0.25, 0.3) is 0 Å². The summed E-state index contributed by atoms with van der Waals surface area (Å²) >= 11 is 0. The van der Waals surface area contributed by atoms with Gasteiger partial charge in [-0.1, -0.05) is 26.0 Å². The van der Waals surface area contributed by atoms with Gasteiger partial charge in [-0.3, -0.25) is 14.5 Å². The Labute approximate surface area is 117 Å². The Hall–Kier alpha value is -2.26. The van der Waals surface area contributed by atoms with E-state index in [-0.39, 0.29) is 18.4 Å². The standard InChI is InChI=1S/C15H16N2O3/c1-10(2)7-11(16-9-18)8-17-14(19)12-5-3-4-6-13(12)15(17)20/h3-6,10-11H,7-8H2,1-2H3/t11-/m0/s1. The highest BCUT2D eigenvalue weighted by molar-refractivity contribution is 6.21. The van der Waals surface area contributed by atoms with Gasteiger partial charge in [-0.25, -0.2) is 9.79 Å². The molecule has 5 nitrogen and oxygen atoms in total. The molecular weight excluding hydrogens is 256 g/mol. The molecule has 0 spiro atoms. The molecule has 0 saturated heterocycles. The van der Waals surface area contributed by atoms with E-state index in [0.29, 0.717) is 23.5 Å². The normalized spacial score (nSPS) is 15.2. The number of hydrogen-bond donors (Lipinski definition) is 0. The van der Waals surface area contributed by atoms with E-state index in [4.69, 9.17) is 0 Å². The number of imide groups is 1. The van der Waals surface area contributed by atoms with Gasteiger partial charge in [0.1, 0.15) is 0 Å². The van der Waals surface area contributed by atoms with E-state index in [1.807, 2.05) is 13.8 Å². The van der Waals surface area contributed by atoms with Crippen LogP contribution < -0.4 is 0 Å². The van der Waals surface area contributed by atoms with Gasteiger partial charge in [0.25, 0.3) is 11.8 Å². The van der Waals surface area contributed by atoms with Gasteiger partial charge in [-0.15, -0.1) is 0 Å². The molecule has 2 rings (SSSR count). The molecule has 1 aliphatic rings. The first-order chi connectivity index (χ1) is 9.54. The van der Waals surface area contributed by atoms with E-state index in [1.165, 1.54) is 11.0 Å². The molecule has 0 unspecified atom stereocenters. The zero-order valence-electron chi connectivity index (χ0n) is 11.5. The molecule has 20 heavy (non-hydrogen) atoms. The molecule has 1 heterocycles. The third-order valence-electron chi connectivity index (χ3n) is 3.25. The summed E-state index contributed by atoms with van der Waals surface area (Å²) in [5.41, 5.74) is 0.826. The number of aliphatic imine (C=N–C) groups is 1. The number of hydrogen-bond acceptors (Lipinski definition) is 4. The Bertz CT molecular complexity index is 554. The minimum atomic E-state index is -0.394. The van der Waals surface area contributed by atoms with Crippen LogP contribution in [0.5, 0.6) is 0 Å². The van der Waals surface area contributed by atoms with Crippen molar-refractivity contribution in [2.45, 2.75) is 26.3 Å². The van der Waals surface area contributed by atoms with E-state index in [1.54, 1.807) is 24.3 Å². The van der Waals surface area contributed by atoms with Crippen molar-refractivity contribution in [2.24, 2.45) is 10.9 Å². The second-order valence-corrected chi connectivity index (χ2v) is 5.27. The molecule has 0 bridgehead atoms. The van der Waals surface area contributed by atoms with Gasteiger partial charge in [0.05, 0.1) is 23.7 Å². The smallest absolute Gasteiger partial charge is 0.261 e. The molecule has 0 aliphatic carbocycles. The van der Waals surface area contributed by atoms with E-state index >= 15 is 0 Å². The van der Waals surface area contributed by atoms with Gasteiger partial charge in [0, 0.05) is 0 Å². The quantitative estimate of drug-likeness (QED) is 0.468. The first-order valence-corrected chi connectivity index (χ1v) is 6.56. The first-order valence-electron chi connectivity index (χ1n) is 6.56. The molecule has 0 radical (unpaired) electrons. The Kier molecular flexibility index (Phi) is 4.11. The summed E-state index contributed by atoms with van der Waals surface area (Å²) in [7, 11) is 0. The lowest BCUT2D eigenvalue weighted by Crippen LogP contribution is -2.36.